The van der Waals surface area contributed by atoms with E-state index in [1.54, 1.807) is 42.1 Å². The van der Waals surface area contributed by atoms with E-state index in [2.05, 4.69) is 22.0 Å². The third-order valence-corrected chi connectivity index (χ3v) is 9.75. The van der Waals surface area contributed by atoms with Crippen molar-refractivity contribution in [1.82, 2.24) is 19.9 Å². The van der Waals surface area contributed by atoms with Gasteiger partial charge in [-0.15, -0.1) is 0 Å². The number of piperidine rings is 1. The maximum atomic E-state index is 15.7. The molecule has 7 rings (SSSR count). The average molecular weight is 661 g/mol. The normalized spacial score (nSPS) is 16.7. The monoisotopic (exact) mass is 660 g/mol. The lowest BCUT2D eigenvalue weighted by Gasteiger charge is -2.23. The summed E-state index contributed by atoms with van der Waals surface area (Å²) >= 11 is 0. The molecule has 1 saturated carbocycles. The van der Waals surface area contributed by atoms with Crippen molar-refractivity contribution >= 4 is 34.0 Å². The quantitative estimate of drug-likeness (QED) is 0.151. The molecular formula is C39H41FN6O3. The van der Waals surface area contributed by atoms with E-state index in [4.69, 9.17) is 14.7 Å². The number of methoxy groups -OCH3 is 1. The molecule has 252 valence electrons. The number of carbonyl (C=O) groups excluding carboxylic acids is 1. The molecule has 3 aromatic heterocycles. The van der Waals surface area contributed by atoms with Gasteiger partial charge in [0.05, 0.1) is 35.9 Å². The lowest BCUT2D eigenvalue weighted by molar-refractivity contribution is -0.120. The lowest BCUT2D eigenvalue weighted by atomic mass is 9.88. The van der Waals surface area contributed by atoms with Crippen LogP contribution in [0.15, 0.2) is 83.9 Å². The van der Waals surface area contributed by atoms with Crippen LogP contribution in [-0.4, -0.2) is 40.6 Å². The highest BCUT2D eigenvalue weighted by Crippen LogP contribution is 2.32. The van der Waals surface area contributed by atoms with Gasteiger partial charge in [-0.25, -0.2) is 14.4 Å². The highest BCUT2D eigenvalue weighted by Gasteiger charge is 2.22. The van der Waals surface area contributed by atoms with Crippen LogP contribution in [0.2, 0.25) is 0 Å². The Bertz CT molecular complexity index is 2000. The fraction of sp³-hybridized carbons (Fsp3) is 0.333. The van der Waals surface area contributed by atoms with E-state index < -0.39 is 5.82 Å². The van der Waals surface area contributed by atoms with Crippen LogP contribution in [0.4, 0.5) is 21.6 Å². The maximum absolute atomic E-state index is 15.7. The molecule has 1 aliphatic carbocycles. The summed E-state index contributed by atoms with van der Waals surface area (Å²) in [5.74, 6) is 1.09. The van der Waals surface area contributed by atoms with E-state index in [0.717, 1.165) is 74.9 Å². The smallest absolute Gasteiger partial charge is 0.262 e. The number of nitrogens with one attached hydrogen (secondary N) is 3. The number of hydrogen-bond acceptors (Lipinski definition) is 7. The van der Waals surface area contributed by atoms with Crippen molar-refractivity contribution in [2.45, 2.75) is 57.4 Å². The molecule has 2 fully saturated rings. The standard InChI is InChI=1S/C39H41FN6O3/c1-49-30-13-9-25(10-14-30)24-46-19-17-33-37(39(46)48)35(45-36-16-11-28(23-42-36)27-8-5-18-41-22-27)21-34(44-33)31-15-12-29(20-32(31)40)43-38(47)26-6-3-2-4-7-26/h9-17,19-21,23,26-27,41H,2-8,18,22,24H2,1H3,(H,43,47)(H,42,44,45). The van der Waals surface area contributed by atoms with Crippen LogP contribution < -0.4 is 26.2 Å². The van der Waals surface area contributed by atoms with E-state index in [-0.39, 0.29) is 22.9 Å². The van der Waals surface area contributed by atoms with Crippen molar-refractivity contribution in [2.75, 3.05) is 30.8 Å². The minimum atomic E-state index is -0.518. The summed E-state index contributed by atoms with van der Waals surface area (Å²) in [6.45, 7) is 2.32. The molecule has 5 aromatic rings. The number of nitrogens with zero attached hydrogens (tertiary/aromatic N) is 3. The number of anilines is 3. The molecule has 3 N–H and O–H groups in total. The molecule has 2 aromatic carbocycles. The summed E-state index contributed by atoms with van der Waals surface area (Å²) in [5, 5.41) is 10.1. The number of rotatable bonds is 9. The molecule has 0 bridgehead atoms. The molecule has 2 aliphatic rings. The predicted molar refractivity (Wildman–Crippen MR) is 191 cm³/mol. The van der Waals surface area contributed by atoms with Gasteiger partial charge in [0.2, 0.25) is 5.91 Å². The van der Waals surface area contributed by atoms with Gasteiger partial charge in [-0.05, 0) is 97.8 Å². The fourth-order valence-corrected chi connectivity index (χ4v) is 6.98. The minimum Gasteiger partial charge on any atom is -0.497 e. The highest BCUT2D eigenvalue weighted by atomic mass is 19.1. The third-order valence-electron chi connectivity index (χ3n) is 9.75. The minimum absolute atomic E-state index is 0.0388. The van der Waals surface area contributed by atoms with Gasteiger partial charge in [-0.1, -0.05) is 37.5 Å². The Labute approximate surface area is 285 Å². The summed E-state index contributed by atoms with van der Waals surface area (Å²) in [6.07, 6.45) is 10.8. The van der Waals surface area contributed by atoms with Crippen LogP contribution in [0.1, 0.15) is 62.0 Å². The van der Waals surface area contributed by atoms with E-state index in [1.165, 1.54) is 6.07 Å². The van der Waals surface area contributed by atoms with E-state index in [0.29, 0.717) is 46.3 Å². The molecule has 49 heavy (non-hydrogen) atoms. The second-order valence-electron chi connectivity index (χ2n) is 13.1. The molecule has 1 amide bonds. The van der Waals surface area contributed by atoms with Gasteiger partial charge < -0.3 is 25.3 Å². The molecule has 1 unspecified atom stereocenters. The third kappa shape index (κ3) is 7.34. The summed E-state index contributed by atoms with van der Waals surface area (Å²) in [4.78, 5) is 36.3. The van der Waals surface area contributed by atoms with Gasteiger partial charge in [0.25, 0.3) is 5.56 Å². The zero-order valence-corrected chi connectivity index (χ0v) is 27.7. The summed E-state index contributed by atoms with van der Waals surface area (Å²) in [7, 11) is 1.62. The van der Waals surface area contributed by atoms with Crippen molar-refractivity contribution in [2.24, 2.45) is 5.92 Å². The van der Waals surface area contributed by atoms with Gasteiger partial charge >= 0.3 is 0 Å². The van der Waals surface area contributed by atoms with Crippen LogP contribution in [0.3, 0.4) is 0 Å². The first-order valence-corrected chi connectivity index (χ1v) is 17.2. The largest absolute Gasteiger partial charge is 0.497 e. The molecular weight excluding hydrogens is 619 g/mol. The van der Waals surface area contributed by atoms with E-state index in [9.17, 15) is 9.59 Å². The number of hydrogen-bond donors (Lipinski definition) is 3. The first-order valence-electron chi connectivity index (χ1n) is 17.2. The van der Waals surface area contributed by atoms with Crippen molar-refractivity contribution in [3.63, 3.8) is 0 Å². The number of fused-ring (bicyclic) bond motifs is 1. The van der Waals surface area contributed by atoms with Crippen LogP contribution in [0.25, 0.3) is 22.2 Å². The van der Waals surface area contributed by atoms with Gasteiger partial charge in [0, 0.05) is 36.1 Å². The second kappa shape index (κ2) is 14.6. The number of halogens is 1. The number of benzene rings is 2. The predicted octanol–water partition coefficient (Wildman–Crippen LogP) is 7.38. The molecule has 0 radical (unpaired) electrons. The number of carbonyl (C=O) groups is 1. The number of ether oxygens (including phenoxy) is 1. The maximum Gasteiger partial charge on any atom is 0.262 e. The van der Waals surface area contributed by atoms with Gasteiger partial charge in [-0.2, -0.15) is 0 Å². The molecule has 4 heterocycles. The topological polar surface area (TPSA) is 110 Å². The van der Waals surface area contributed by atoms with E-state index >= 15 is 4.39 Å². The Morgan fingerprint density at radius 3 is 2.55 bits per heavy atom. The summed E-state index contributed by atoms with van der Waals surface area (Å²) in [6, 6.07) is 19.7. The van der Waals surface area contributed by atoms with Gasteiger partial charge in [0.1, 0.15) is 17.4 Å². The first-order chi connectivity index (χ1) is 23.9. The number of amides is 1. The Hall–Kier alpha value is -5.09. The van der Waals surface area contributed by atoms with Crippen LogP contribution >= 0.6 is 0 Å². The molecule has 0 spiro atoms. The van der Waals surface area contributed by atoms with Crippen molar-refractivity contribution < 1.29 is 13.9 Å². The Kier molecular flexibility index (Phi) is 9.65. The molecule has 1 atom stereocenters. The second-order valence-corrected chi connectivity index (χ2v) is 13.1. The van der Waals surface area contributed by atoms with Crippen LogP contribution in [-0.2, 0) is 11.3 Å². The van der Waals surface area contributed by atoms with Crippen molar-refractivity contribution in [3.05, 3.63) is 106 Å². The first kappa shape index (κ1) is 32.5. The van der Waals surface area contributed by atoms with Crippen LogP contribution in [0.5, 0.6) is 5.75 Å². The Morgan fingerprint density at radius 2 is 1.84 bits per heavy atom. The molecule has 10 heteroatoms. The molecule has 1 saturated heterocycles. The van der Waals surface area contributed by atoms with E-state index in [1.807, 2.05) is 36.5 Å². The SMILES string of the molecule is COc1ccc(Cn2ccc3nc(-c4ccc(NC(=O)C5CCCCC5)cc4F)cc(Nc4ccc(C5CCCNC5)cn4)c3c2=O)cc1. The summed E-state index contributed by atoms with van der Waals surface area (Å²) < 4.78 is 22.7. The zero-order chi connectivity index (χ0) is 33.7. The van der Waals surface area contributed by atoms with Crippen LogP contribution in [0, 0.1) is 11.7 Å². The molecule has 1 aliphatic heterocycles. The Balaban J connectivity index is 1.23. The average Bonchev–Trinajstić information content (AvgIpc) is 3.14. The number of pyridine rings is 3. The highest BCUT2D eigenvalue weighted by molar-refractivity contribution is 5.95. The lowest BCUT2D eigenvalue weighted by Crippen LogP contribution is -2.28. The van der Waals surface area contributed by atoms with Crippen molar-refractivity contribution in [1.29, 1.82) is 0 Å². The fourth-order valence-electron chi connectivity index (χ4n) is 6.98. The zero-order valence-electron chi connectivity index (χ0n) is 27.7. The van der Waals surface area contributed by atoms with Gasteiger partial charge in [0.15, 0.2) is 0 Å². The number of aromatic nitrogens is 3. The van der Waals surface area contributed by atoms with Gasteiger partial charge in [-0.3, -0.25) is 9.59 Å². The Morgan fingerprint density at radius 1 is 1.00 bits per heavy atom. The molecule has 9 nitrogen and oxygen atoms in total. The van der Waals surface area contributed by atoms with Crippen molar-refractivity contribution in [3.8, 4) is 17.0 Å². The summed E-state index contributed by atoms with van der Waals surface area (Å²) in [5.41, 5.74) is 3.80.